The molecule has 1 aliphatic carbocycles. The fourth-order valence-corrected chi connectivity index (χ4v) is 3.28. The van der Waals surface area contributed by atoms with Gasteiger partial charge in [0.2, 0.25) is 0 Å². The van der Waals surface area contributed by atoms with Crippen LogP contribution >= 0.6 is 0 Å². The van der Waals surface area contributed by atoms with E-state index in [2.05, 4.69) is 35.4 Å². The first-order valence-electron chi connectivity index (χ1n) is 7.63. The fourth-order valence-electron chi connectivity index (χ4n) is 3.28. The molecule has 3 rings (SSSR count). The van der Waals surface area contributed by atoms with Crippen molar-refractivity contribution in [2.45, 2.75) is 38.5 Å². The second-order valence-electron chi connectivity index (χ2n) is 5.82. The van der Waals surface area contributed by atoms with Gasteiger partial charge in [-0.25, -0.2) is 0 Å². The van der Waals surface area contributed by atoms with E-state index in [1.165, 1.54) is 34.1 Å². The first-order valence-corrected chi connectivity index (χ1v) is 7.63. The molecule has 0 saturated carbocycles. The highest BCUT2D eigenvalue weighted by Gasteiger charge is 2.24. The summed E-state index contributed by atoms with van der Waals surface area (Å²) in [5.74, 6) is 0. The molecule has 114 valence electrons. The summed E-state index contributed by atoms with van der Waals surface area (Å²) < 4.78 is 10.5. The molecule has 0 aliphatic heterocycles. The van der Waals surface area contributed by atoms with E-state index in [0.29, 0.717) is 12.6 Å². The summed E-state index contributed by atoms with van der Waals surface area (Å²) in [5, 5.41) is 4.96. The summed E-state index contributed by atoms with van der Waals surface area (Å²) in [4.78, 5) is 3.61. The second kappa shape index (κ2) is 6.18. The van der Waals surface area contributed by atoms with Gasteiger partial charge >= 0.3 is 0 Å². The zero-order valence-corrected chi connectivity index (χ0v) is 13.0. The van der Waals surface area contributed by atoms with Gasteiger partial charge in [-0.15, -0.1) is 0 Å². The van der Waals surface area contributed by atoms with E-state index in [0.717, 1.165) is 12.8 Å². The number of hydrogen-bond acceptors (Lipinski definition) is 3. The van der Waals surface area contributed by atoms with Crippen molar-refractivity contribution < 1.29 is 9.47 Å². The van der Waals surface area contributed by atoms with Gasteiger partial charge in [0.1, 0.15) is 0 Å². The van der Waals surface area contributed by atoms with Crippen LogP contribution in [0.1, 0.15) is 35.7 Å². The van der Waals surface area contributed by atoms with E-state index in [9.17, 15) is 0 Å². The van der Waals surface area contributed by atoms with Gasteiger partial charge in [0.15, 0.2) is 6.29 Å². The number of aromatic amines is 1. The molecule has 0 fully saturated rings. The number of rotatable bonds is 5. The van der Waals surface area contributed by atoms with Crippen molar-refractivity contribution in [1.82, 2.24) is 10.3 Å². The SMILES string of the molecule is COC(CN[C@H]1CCCc2c1[nH]c1ccc(C)cc21)OC. The van der Waals surface area contributed by atoms with Crippen LogP contribution in [0.5, 0.6) is 0 Å². The number of fused-ring (bicyclic) bond motifs is 3. The Morgan fingerprint density at radius 1 is 1.33 bits per heavy atom. The molecule has 0 bridgehead atoms. The van der Waals surface area contributed by atoms with Crippen LogP contribution in [0.4, 0.5) is 0 Å². The van der Waals surface area contributed by atoms with Gasteiger partial charge in [-0.1, -0.05) is 11.6 Å². The number of hydrogen-bond donors (Lipinski definition) is 2. The molecule has 1 aromatic heterocycles. The Morgan fingerprint density at radius 2 is 2.14 bits per heavy atom. The highest BCUT2D eigenvalue weighted by molar-refractivity contribution is 5.85. The van der Waals surface area contributed by atoms with Crippen LogP contribution in [0.2, 0.25) is 0 Å². The van der Waals surface area contributed by atoms with Crippen LogP contribution in [0, 0.1) is 6.92 Å². The Hall–Kier alpha value is -1.36. The van der Waals surface area contributed by atoms with Crippen molar-refractivity contribution in [1.29, 1.82) is 0 Å². The minimum Gasteiger partial charge on any atom is -0.357 e. The van der Waals surface area contributed by atoms with Crippen LogP contribution in [0.15, 0.2) is 18.2 Å². The maximum atomic E-state index is 5.26. The van der Waals surface area contributed by atoms with Crippen LogP contribution in [0.3, 0.4) is 0 Å². The van der Waals surface area contributed by atoms with Crippen molar-refractivity contribution in [2.75, 3.05) is 20.8 Å². The van der Waals surface area contributed by atoms with Crippen molar-refractivity contribution in [3.05, 3.63) is 35.0 Å². The summed E-state index contributed by atoms with van der Waals surface area (Å²) in [6.07, 6.45) is 3.34. The number of ether oxygens (including phenoxy) is 2. The smallest absolute Gasteiger partial charge is 0.169 e. The molecule has 1 atom stereocenters. The zero-order chi connectivity index (χ0) is 14.8. The summed E-state index contributed by atoms with van der Waals surface area (Å²) in [5.41, 5.74) is 5.38. The summed E-state index contributed by atoms with van der Waals surface area (Å²) in [6.45, 7) is 2.85. The maximum Gasteiger partial charge on any atom is 0.169 e. The monoisotopic (exact) mass is 288 g/mol. The normalized spacial score (nSPS) is 18.4. The lowest BCUT2D eigenvalue weighted by molar-refractivity contribution is -0.100. The second-order valence-corrected chi connectivity index (χ2v) is 5.82. The lowest BCUT2D eigenvalue weighted by atomic mass is 9.91. The zero-order valence-electron chi connectivity index (χ0n) is 13.0. The van der Waals surface area contributed by atoms with E-state index >= 15 is 0 Å². The molecule has 1 aliphatic rings. The summed E-state index contributed by atoms with van der Waals surface area (Å²) >= 11 is 0. The molecule has 2 aromatic rings. The van der Waals surface area contributed by atoms with Crippen LogP contribution in [-0.4, -0.2) is 32.0 Å². The van der Waals surface area contributed by atoms with Crippen molar-refractivity contribution in [2.24, 2.45) is 0 Å². The largest absolute Gasteiger partial charge is 0.357 e. The third kappa shape index (κ3) is 2.84. The van der Waals surface area contributed by atoms with Crippen molar-refractivity contribution >= 4 is 10.9 Å². The highest BCUT2D eigenvalue weighted by atomic mass is 16.7. The van der Waals surface area contributed by atoms with Gasteiger partial charge < -0.3 is 19.8 Å². The molecule has 0 radical (unpaired) electrons. The Balaban J connectivity index is 1.86. The number of nitrogens with one attached hydrogen (secondary N) is 2. The molecular formula is C17H24N2O2. The predicted molar refractivity (Wildman–Crippen MR) is 84.5 cm³/mol. The van der Waals surface area contributed by atoms with E-state index < -0.39 is 0 Å². The molecule has 2 N–H and O–H groups in total. The van der Waals surface area contributed by atoms with Gasteiger partial charge in [-0.2, -0.15) is 0 Å². The molecule has 0 unspecified atom stereocenters. The minimum absolute atomic E-state index is 0.193. The lowest BCUT2D eigenvalue weighted by Gasteiger charge is -2.25. The lowest BCUT2D eigenvalue weighted by Crippen LogP contribution is -2.34. The van der Waals surface area contributed by atoms with E-state index in [1.807, 2.05) is 0 Å². The number of H-pyrrole nitrogens is 1. The number of benzene rings is 1. The topological polar surface area (TPSA) is 46.3 Å². The Labute approximate surface area is 125 Å². The molecule has 4 heteroatoms. The average Bonchev–Trinajstić information content (AvgIpc) is 2.87. The van der Waals surface area contributed by atoms with Crippen LogP contribution in [-0.2, 0) is 15.9 Å². The molecule has 1 aromatic carbocycles. The summed E-state index contributed by atoms with van der Waals surface area (Å²) in [6, 6.07) is 7.00. The first-order chi connectivity index (χ1) is 10.2. The van der Waals surface area contributed by atoms with Gasteiger partial charge in [-0.05, 0) is 43.9 Å². The average molecular weight is 288 g/mol. The van der Waals surface area contributed by atoms with Crippen LogP contribution in [0.25, 0.3) is 10.9 Å². The Bertz CT molecular complexity index is 617. The van der Waals surface area contributed by atoms with Crippen LogP contribution < -0.4 is 5.32 Å². The quantitative estimate of drug-likeness (QED) is 0.831. The van der Waals surface area contributed by atoms with Crippen molar-refractivity contribution in [3.8, 4) is 0 Å². The molecule has 4 nitrogen and oxygen atoms in total. The molecule has 0 amide bonds. The van der Waals surface area contributed by atoms with Gasteiger partial charge in [0, 0.05) is 43.4 Å². The van der Waals surface area contributed by atoms with E-state index in [-0.39, 0.29) is 6.29 Å². The molecule has 0 spiro atoms. The number of aromatic nitrogens is 1. The predicted octanol–water partition coefficient (Wildman–Crippen LogP) is 3.06. The third-order valence-electron chi connectivity index (χ3n) is 4.42. The highest BCUT2D eigenvalue weighted by Crippen LogP contribution is 2.35. The molecule has 0 saturated heterocycles. The number of methoxy groups -OCH3 is 2. The molecule has 21 heavy (non-hydrogen) atoms. The molecule has 1 heterocycles. The van der Waals surface area contributed by atoms with E-state index in [4.69, 9.17) is 9.47 Å². The Kier molecular flexibility index (Phi) is 4.29. The standard InChI is InChI=1S/C17H24N2O2/c1-11-7-8-14-13(9-11)12-5-4-6-15(17(12)19-14)18-10-16(20-2)21-3/h7-9,15-16,18-19H,4-6,10H2,1-3H3/t15-/m0/s1. The van der Waals surface area contributed by atoms with Crippen molar-refractivity contribution in [3.63, 3.8) is 0 Å². The summed E-state index contributed by atoms with van der Waals surface area (Å²) in [7, 11) is 3.35. The number of aryl methyl sites for hydroxylation is 2. The fraction of sp³-hybridized carbons (Fsp3) is 0.529. The van der Waals surface area contributed by atoms with Gasteiger partial charge in [0.25, 0.3) is 0 Å². The van der Waals surface area contributed by atoms with Gasteiger partial charge in [-0.3, -0.25) is 0 Å². The van der Waals surface area contributed by atoms with E-state index in [1.54, 1.807) is 14.2 Å². The Morgan fingerprint density at radius 3 is 2.90 bits per heavy atom. The van der Waals surface area contributed by atoms with Gasteiger partial charge in [0.05, 0.1) is 0 Å². The minimum atomic E-state index is -0.193. The first kappa shape index (κ1) is 14.6. The maximum absolute atomic E-state index is 5.26. The third-order valence-corrected chi connectivity index (χ3v) is 4.42. The molecular weight excluding hydrogens is 264 g/mol.